The van der Waals surface area contributed by atoms with Crippen LogP contribution in [0.4, 0.5) is 5.69 Å². The van der Waals surface area contributed by atoms with E-state index in [1.165, 1.54) is 12.7 Å². The molecule has 1 aliphatic carbocycles. The lowest BCUT2D eigenvalue weighted by Gasteiger charge is -2.25. The summed E-state index contributed by atoms with van der Waals surface area (Å²) < 4.78 is 5.11. The minimum atomic E-state index is -0.373. The van der Waals surface area contributed by atoms with Crippen molar-refractivity contribution in [1.29, 1.82) is 0 Å². The van der Waals surface area contributed by atoms with Gasteiger partial charge in [0.1, 0.15) is 0 Å². The standard InChI is InChI=1S/C14H20N2O3/c1-3-6-15-12-5-4-10-9-14(19-2)13(16(17)18)8-11(10)7-12/h8-9,12,15H,3-7H2,1-2H3. The Morgan fingerprint density at radius 2 is 2.26 bits per heavy atom. The second kappa shape index (κ2) is 6.02. The van der Waals surface area contributed by atoms with E-state index in [4.69, 9.17) is 4.74 Å². The number of nitro benzene ring substituents is 1. The molecule has 1 N–H and O–H groups in total. The lowest BCUT2D eigenvalue weighted by molar-refractivity contribution is -0.385. The van der Waals surface area contributed by atoms with Crippen LogP contribution >= 0.6 is 0 Å². The largest absolute Gasteiger partial charge is 0.490 e. The highest BCUT2D eigenvalue weighted by atomic mass is 16.6. The van der Waals surface area contributed by atoms with Gasteiger partial charge in [-0.15, -0.1) is 0 Å². The van der Waals surface area contributed by atoms with Gasteiger partial charge in [0.2, 0.25) is 0 Å². The molecule has 0 spiro atoms. The van der Waals surface area contributed by atoms with Crippen LogP contribution in [0.15, 0.2) is 12.1 Å². The van der Waals surface area contributed by atoms with Crippen molar-refractivity contribution < 1.29 is 9.66 Å². The van der Waals surface area contributed by atoms with Crippen LogP contribution in [0.3, 0.4) is 0 Å². The van der Waals surface area contributed by atoms with Crippen LogP contribution in [0, 0.1) is 10.1 Å². The molecular formula is C14H20N2O3. The maximum absolute atomic E-state index is 11.0. The molecule has 5 heteroatoms. The summed E-state index contributed by atoms with van der Waals surface area (Å²) in [4.78, 5) is 10.7. The molecule has 0 amide bonds. The molecule has 1 unspecified atom stereocenters. The highest BCUT2D eigenvalue weighted by Gasteiger charge is 2.24. The van der Waals surface area contributed by atoms with Crippen molar-refractivity contribution in [3.05, 3.63) is 33.4 Å². The van der Waals surface area contributed by atoms with Gasteiger partial charge in [0.15, 0.2) is 5.75 Å². The second-order valence-corrected chi connectivity index (χ2v) is 4.94. The second-order valence-electron chi connectivity index (χ2n) is 4.94. The van der Waals surface area contributed by atoms with Gasteiger partial charge in [-0.25, -0.2) is 0 Å². The lowest BCUT2D eigenvalue weighted by Crippen LogP contribution is -2.35. The van der Waals surface area contributed by atoms with Gasteiger partial charge >= 0.3 is 5.69 Å². The molecule has 0 heterocycles. The summed E-state index contributed by atoms with van der Waals surface area (Å²) in [6, 6.07) is 3.93. The van der Waals surface area contributed by atoms with Crippen LogP contribution in [0.25, 0.3) is 0 Å². The summed E-state index contributed by atoms with van der Waals surface area (Å²) >= 11 is 0. The Labute approximate surface area is 113 Å². The number of aryl methyl sites for hydroxylation is 1. The van der Waals surface area contributed by atoms with Gasteiger partial charge < -0.3 is 10.1 Å². The molecule has 2 rings (SSSR count). The van der Waals surface area contributed by atoms with Crippen LogP contribution in [0.5, 0.6) is 5.75 Å². The SMILES string of the molecule is CCCNC1CCc2cc(OC)c([N+](=O)[O-])cc2C1. The topological polar surface area (TPSA) is 64.4 Å². The molecule has 0 saturated carbocycles. The minimum absolute atomic E-state index is 0.0670. The number of hydrogen-bond donors (Lipinski definition) is 1. The third-order valence-corrected chi connectivity index (χ3v) is 3.61. The number of fused-ring (bicyclic) bond motifs is 1. The fourth-order valence-corrected chi connectivity index (χ4v) is 2.60. The molecule has 0 radical (unpaired) electrons. The number of rotatable bonds is 5. The van der Waals surface area contributed by atoms with E-state index >= 15 is 0 Å². The van der Waals surface area contributed by atoms with Crippen molar-refractivity contribution in [2.24, 2.45) is 0 Å². The molecule has 0 aromatic heterocycles. The normalized spacial score (nSPS) is 17.9. The molecule has 1 aliphatic rings. The Hall–Kier alpha value is -1.62. The molecule has 19 heavy (non-hydrogen) atoms. The summed E-state index contributed by atoms with van der Waals surface area (Å²) in [7, 11) is 1.48. The third kappa shape index (κ3) is 3.04. The summed E-state index contributed by atoms with van der Waals surface area (Å²) in [5.74, 6) is 0.365. The van der Waals surface area contributed by atoms with E-state index in [0.29, 0.717) is 11.8 Å². The first-order valence-corrected chi connectivity index (χ1v) is 6.73. The molecule has 1 aromatic carbocycles. The van der Waals surface area contributed by atoms with Crippen LogP contribution < -0.4 is 10.1 Å². The molecule has 5 nitrogen and oxygen atoms in total. The van der Waals surface area contributed by atoms with E-state index < -0.39 is 0 Å². The predicted molar refractivity (Wildman–Crippen MR) is 73.8 cm³/mol. The number of nitro groups is 1. The smallest absolute Gasteiger partial charge is 0.311 e. The third-order valence-electron chi connectivity index (χ3n) is 3.61. The molecule has 0 bridgehead atoms. The molecule has 0 aliphatic heterocycles. The highest BCUT2D eigenvalue weighted by Crippen LogP contribution is 2.33. The predicted octanol–water partition coefficient (Wildman–Crippen LogP) is 2.46. The quantitative estimate of drug-likeness (QED) is 0.655. The molecule has 1 aromatic rings. The Balaban J connectivity index is 2.24. The molecule has 1 atom stereocenters. The van der Waals surface area contributed by atoms with Crippen molar-refractivity contribution >= 4 is 5.69 Å². The Morgan fingerprint density at radius 3 is 2.89 bits per heavy atom. The van der Waals surface area contributed by atoms with E-state index in [9.17, 15) is 10.1 Å². The first-order chi connectivity index (χ1) is 9.15. The zero-order chi connectivity index (χ0) is 13.8. The van der Waals surface area contributed by atoms with Crippen LogP contribution in [-0.2, 0) is 12.8 Å². The molecule has 104 valence electrons. The summed E-state index contributed by atoms with van der Waals surface area (Å²) in [6.07, 6.45) is 3.99. The van der Waals surface area contributed by atoms with Crippen LogP contribution in [-0.4, -0.2) is 24.6 Å². The fraction of sp³-hybridized carbons (Fsp3) is 0.571. The summed E-state index contributed by atoms with van der Waals surface area (Å²) in [6.45, 7) is 3.14. The van der Waals surface area contributed by atoms with Crippen LogP contribution in [0.2, 0.25) is 0 Å². The fourth-order valence-electron chi connectivity index (χ4n) is 2.60. The zero-order valence-corrected chi connectivity index (χ0v) is 11.4. The van der Waals surface area contributed by atoms with E-state index in [2.05, 4.69) is 12.2 Å². The number of ether oxygens (including phenoxy) is 1. The van der Waals surface area contributed by atoms with Gasteiger partial charge in [0.25, 0.3) is 0 Å². The van der Waals surface area contributed by atoms with Crippen molar-refractivity contribution in [2.45, 2.75) is 38.6 Å². The average molecular weight is 264 g/mol. The summed E-state index contributed by atoms with van der Waals surface area (Å²) in [5, 5.41) is 14.5. The number of nitrogens with one attached hydrogen (secondary N) is 1. The Kier molecular flexibility index (Phi) is 4.37. The van der Waals surface area contributed by atoms with E-state index in [0.717, 1.165) is 37.8 Å². The Bertz CT molecular complexity index is 474. The Morgan fingerprint density at radius 1 is 1.47 bits per heavy atom. The van der Waals surface area contributed by atoms with Crippen molar-refractivity contribution in [2.75, 3.05) is 13.7 Å². The highest BCUT2D eigenvalue weighted by molar-refractivity contribution is 5.53. The zero-order valence-electron chi connectivity index (χ0n) is 11.4. The number of hydrogen-bond acceptors (Lipinski definition) is 4. The van der Waals surface area contributed by atoms with Gasteiger partial charge in [-0.05, 0) is 49.4 Å². The van der Waals surface area contributed by atoms with E-state index in [1.54, 1.807) is 6.07 Å². The van der Waals surface area contributed by atoms with Crippen molar-refractivity contribution in [3.8, 4) is 5.75 Å². The van der Waals surface area contributed by atoms with Gasteiger partial charge in [-0.3, -0.25) is 10.1 Å². The first kappa shape index (κ1) is 13.8. The van der Waals surface area contributed by atoms with Gasteiger partial charge in [-0.2, -0.15) is 0 Å². The average Bonchev–Trinajstić information content (AvgIpc) is 2.43. The maximum atomic E-state index is 11.0. The van der Waals surface area contributed by atoms with Gasteiger partial charge in [-0.1, -0.05) is 6.92 Å². The number of nitrogens with zero attached hydrogens (tertiary/aromatic N) is 1. The van der Waals surface area contributed by atoms with Crippen LogP contribution in [0.1, 0.15) is 30.9 Å². The molecule has 0 fully saturated rings. The maximum Gasteiger partial charge on any atom is 0.311 e. The molecule has 0 saturated heterocycles. The number of benzene rings is 1. The minimum Gasteiger partial charge on any atom is -0.490 e. The molecular weight excluding hydrogens is 244 g/mol. The van der Waals surface area contributed by atoms with E-state index in [-0.39, 0.29) is 10.6 Å². The van der Waals surface area contributed by atoms with Crippen molar-refractivity contribution in [1.82, 2.24) is 5.32 Å². The monoisotopic (exact) mass is 264 g/mol. The van der Waals surface area contributed by atoms with Gasteiger partial charge in [0.05, 0.1) is 12.0 Å². The van der Waals surface area contributed by atoms with E-state index in [1.807, 2.05) is 6.07 Å². The first-order valence-electron chi connectivity index (χ1n) is 6.73. The van der Waals surface area contributed by atoms with Gasteiger partial charge in [0, 0.05) is 12.1 Å². The van der Waals surface area contributed by atoms with Crippen molar-refractivity contribution in [3.63, 3.8) is 0 Å². The summed E-state index contributed by atoms with van der Waals surface area (Å²) in [5.41, 5.74) is 2.32. The lowest BCUT2D eigenvalue weighted by atomic mass is 9.87. The number of methoxy groups -OCH3 is 1.